The van der Waals surface area contributed by atoms with Crippen LogP contribution < -0.4 is 14.8 Å². The molecule has 8 heteroatoms. The largest absolute Gasteiger partial charge is 0.474 e. The second kappa shape index (κ2) is 8.57. The Morgan fingerprint density at radius 2 is 1.57 bits per heavy atom. The van der Waals surface area contributed by atoms with E-state index >= 15 is 0 Å². The molecular weight excluding hydrogens is 384 g/mol. The first kappa shape index (κ1) is 21.2. The lowest BCUT2D eigenvalue weighted by atomic mass is 10.00. The van der Waals surface area contributed by atoms with Crippen LogP contribution in [0.4, 0.5) is 4.79 Å². The van der Waals surface area contributed by atoms with Crippen molar-refractivity contribution in [2.75, 3.05) is 13.1 Å². The minimum Gasteiger partial charge on any atom is -0.474 e. The standard InChI is InChI=1S/C22H34N4O4/c1-14-19(28-17-7-9-23-10-8-17)24-13-25-20(14)29-18-11-15-5-6-16(12-18)26(15)21(27)30-22(2,3)4/h13,15-18,23H,5-12H2,1-4H3/t15-,16+,18-. The summed E-state index contributed by atoms with van der Waals surface area (Å²) in [6.45, 7) is 9.61. The van der Waals surface area contributed by atoms with E-state index in [1.54, 1.807) is 0 Å². The van der Waals surface area contributed by atoms with Gasteiger partial charge in [-0.3, -0.25) is 0 Å². The van der Waals surface area contributed by atoms with Gasteiger partial charge in [-0.15, -0.1) is 0 Å². The van der Waals surface area contributed by atoms with E-state index in [0.29, 0.717) is 11.8 Å². The van der Waals surface area contributed by atoms with E-state index in [1.165, 1.54) is 6.33 Å². The van der Waals surface area contributed by atoms with Gasteiger partial charge in [-0.2, -0.15) is 0 Å². The van der Waals surface area contributed by atoms with Gasteiger partial charge in [-0.25, -0.2) is 14.8 Å². The number of rotatable bonds is 4. The third kappa shape index (κ3) is 4.79. The Kier molecular flexibility index (Phi) is 6.04. The second-order valence-corrected chi connectivity index (χ2v) is 9.66. The maximum atomic E-state index is 12.6. The lowest BCUT2D eigenvalue weighted by molar-refractivity contribution is -0.00775. The van der Waals surface area contributed by atoms with E-state index in [2.05, 4.69) is 15.3 Å². The highest BCUT2D eigenvalue weighted by atomic mass is 16.6. The van der Waals surface area contributed by atoms with Crippen LogP contribution >= 0.6 is 0 Å². The van der Waals surface area contributed by atoms with Crippen LogP contribution in [0.1, 0.15) is 64.9 Å². The molecule has 3 aliphatic rings. The van der Waals surface area contributed by atoms with Crippen molar-refractivity contribution in [1.29, 1.82) is 0 Å². The molecule has 1 aromatic rings. The maximum Gasteiger partial charge on any atom is 0.410 e. The molecule has 0 spiro atoms. The van der Waals surface area contributed by atoms with E-state index in [0.717, 1.165) is 57.2 Å². The number of amides is 1. The SMILES string of the molecule is Cc1c(OC2CCNCC2)ncnc1O[C@@H]1C[C@H]2CC[C@@H](C1)N2C(=O)OC(C)(C)C. The predicted molar refractivity (Wildman–Crippen MR) is 112 cm³/mol. The molecule has 0 saturated carbocycles. The molecule has 3 fully saturated rings. The van der Waals surface area contributed by atoms with Crippen LogP contribution in [0.15, 0.2) is 6.33 Å². The lowest BCUT2D eigenvalue weighted by Gasteiger charge is -2.39. The van der Waals surface area contributed by atoms with Crippen LogP contribution in [0.2, 0.25) is 0 Å². The number of aromatic nitrogens is 2. The highest BCUT2D eigenvalue weighted by molar-refractivity contribution is 5.69. The molecule has 3 aliphatic heterocycles. The summed E-state index contributed by atoms with van der Waals surface area (Å²) in [6, 6.07) is 0.326. The first-order valence-electron chi connectivity index (χ1n) is 11.2. The fraction of sp³-hybridized carbons (Fsp3) is 0.773. The van der Waals surface area contributed by atoms with Crippen LogP contribution in [0, 0.1) is 6.92 Å². The van der Waals surface area contributed by atoms with Gasteiger partial charge >= 0.3 is 6.09 Å². The van der Waals surface area contributed by atoms with Crippen LogP contribution in [0.25, 0.3) is 0 Å². The van der Waals surface area contributed by atoms with Gasteiger partial charge in [0, 0.05) is 24.9 Å². The van der Waals surface area contributed by atoms with Crippen molar-refractivity contribution in [2.45, 2.75) is 96.1 Å². The van der Waals surface area contributed by atoms with E-state index in [1.807, 2.05) is 32.6 Å². The Morgan fingerprint density at radius 3 is 2.13 bits per heavy atom. The normalized spacial score (nSPS) is 27.1. The summed E-state index contributed by atoms with van der Waals surface area (Å²) in [7, 11) is 0. The molecule has 0 aliphatic carbocycles. The van der Waals surface area contributed by atoms with Crippen LogP contribution in [-0.4, -0.2) is 63.9 Å². The van der Waals surface area contributed by atoms with E-state index in [4.69, 9.17) is 14.2 Å². The highest BCUT2D eigenvalue weighted by Crippen LogP contribution is 2.38. The topological polar surface area (TPSA) is 85.8 Å². The van der Waals surface area contributed by atoms with Gasteiger partial charge in [0.15, 0.2) is 0 Å². The summed E-state index contributed by atoms with van der Waals surface area (Å²) >= 11 is 0. The number of carbonyl (C=O) groups is 1. The molecule has 8 nitrogen and oxygen atoms in total. The van der Waals surface area contributed by atoms with Crippen molar-refractivity contribution < 1.29 is 19.0 Å². The molecular formula is C22H34N4O4. The number of nitrogens with zero attached hydrogens (tertiary/aromatic N) is 3. The fourth-order valence-corrected chi connectivity index (χ4v) is 4.72. The van der Waals surface area contributed by atoms with E-state index in [9.17, 15) is 4.79 Å². The molecule has 1 amide bonds. The van der Waals surface area contributed by atoms with Crippen molar-refractivity contribution in [3.63, 3.8) is 0 Å². The second-order valence-electron chi connectivity index (χ2n) is 9.66. The van der Waals surface area contributed by atoms with Crippen LogP contribution in [0.5, 0.6) is 11.8 Å². The summed E-state index contributed by atoms with van der Waals surface area (Å²) in [5, 5.41) is 3.34. The third-order valence-electron chi connectivity index (χ3n) is 6.13. The van der Waals surface area contributed by atoms with Crippen molar-refractivity contribution in [2.24, 2.45) is 0 Å². The first-order chi connectivity index (χ1) is 14.3. The molecule has 166 valence electrons. The molecule has 3 atom stereocenters. The number of carbonyl (C=O) groups excluding carboxylic acids is 1. The zero-order chi connectivity index (χ0) is 21.3. The first-order valence-corrected chi connectivity index (χ1v) is 11.2. The van der Waals surface area contributed by atoms with Crippen molar-refractivity contribution in [3.05, 3.63) is 11.9 Å². The number of hydrogen-bond acceptors (Lipinski definition) is 7. The Bertz CT molecular complexity index is 746. The zero-order valence-corrected chi connectivity index (χ0v) is 18.5. The molecule has 1 N–H and O–H groups in total. The highest BCUT2D eigenvalue weighted by Gasteiger charge is 2.45. The smallest absolute Gasteiger partial charge is 0.410 e. The summed E-state index contributed by atoms with van der Waals surface area (Å²) in [6.07, 6.45) is 7.06. The fourth-order valence-electron chi connectivity index (χ4n) is 4.72. The van der Waals surface area contributed by atoms with Gasteiger partial charge in [0.2, 0.25) is 11.8 Å². The summed E-state index contributed by atoms with van der Waals surface area (Å²) in [4.78, 5) is 23.3. The maximum absolute atomic E-state index is 12.6. The number of piperidine rings is 2. The molecule has 30 heavy (non-hydrogen) atoms. The van der Waals surface area contributed by atoms with Crippen molar-refractivity contribution >= 4 is 6.09 Å². The number of hydrogen-bond donors (Lipinski definition) is 1. The summed E-state index contributed by atoms with van der Waals surface area (Å²) < 4.78 is 18.1. The average molecular weight is 419 g/mol. The quantitative estimate of drug-likeness (QED) is 0.803. The molecule has 0 aromatic carbocycles. The van der Waals surface area contributed by atoms with E-state index in [-0.39, 0.29) is 30.4 Å². The van der Waals surface area contributed by atoms with Gasteiger partial charge in [-0.1, -0.05) is 0 Å². The zero-order valence-electron chi connectivity index (χ0n) is 18.5. The van der Waals surface area contributed by atoms with Gasteiger partial charge in [0.1, 0.15) is 24.1 Å². The Labute approximate surface area is 178 Å². The van der Waals surface area contributed by atoms with Gasteiger partial charge < -0.3 is 24.4 Å². The summed E-state index contributed by atoms with van der Waals surface area (Å²) in [5.41, 5.74) is 0.366. The summed E-state index contributed by atoms with van der Waals surface area (Å²) in [5.74, 6) is 1.20. The van der Waals surface area contributed by atoms with Crippen LogP contribution in [0.3, 0.4) is 0 Å². The minimum absolute atomic E-state index is 0.0292. The van der Waals surface area contributed by atoms with Gasteiger partial charge in [-0.05, 0) is 66.5 Å². The number of fused-ring (bicyclic) bond motifs is 2. The third-order valence-corrected chi connectivity index (χ3v) is 6.13. The number of nitrogens with one attached hydrogen (secondary N) is 1. The molecule has 4 heterocycles. The monoisotopic (exact) mass is 418 g/mol. The molecule has 1 aromatic heterocycles. The van der Waals surface area contributed by atoms with Crippen LogP contribution in [-0.2, 0) is 4.74 Å². The Hall–Kier alpha value is -2.09. The molecule has 0 radical (unpaired) electrons. The Morgan fingerprint density at radius 1 is 1.00 bits per heavy atom. The molecule has 3 saturated heterocycles. The minimum atomic E-state index is -0.479. The van der Waals surface area contributed by atoms with Gasteiger partial charge in [0.05, 0.1) is 5.56 Å². The molecule has 4 rings (SSSR count). The average Bonchev–Trinajstić information content (AvgIpc) is 2.96. The van der Waals surface area contributed by atoms with Gasteiger partial charge in [0.25, 0.3) is 0 Å². The Balaban J connectivity index is 1.39. The molecule has 0 unspecified atom stereocenters. The molecule has 2 bridgehead atoms. The predicted octanol–water partition coefficient (Wildman–Crippen LogP) is 3.23. The van der Waals surface area contributed by atoms with Crippen molar-refractivity contribution in [1.82, 2.24) is 20.2 Å². The van der Waals surface area contributed by atoms with E-state index < -0.39 is 5.60 Å². The number of ether oxygens (including phenoxy) is 3. The lowest BCUT2D eigenvalue weighted by Crippen LogP contribution is -2.50. The van der Waals surface area contributed by atoms with Crippen molar-refractivity contribution in [3.8, 4) is 11.8 Å².